The summed E-state index contributed by atoms with van der Waals surface area (Å²) in [6, 6.07) is 8.20. The van der Waals surface area contributed by atoms with E-state index in [9.17, 15) is 0 Å². The summed E-state index contributed by atoms with van der Waals surface area (Å²) in [5.74, 6) is 1.07. The Bertz CT molecular complexity index is 273. The van der Waals surface area contributed by atoms with E-state index in [1.165, 1.54) is 4.88 Å². The van der Waals surface area contributed by atoms with Crippen molar-refractivity contribution in [3.63, 3.8) is 0 Å². The van der Waals surface area contributed by atoms with E-state index in [0.717, 1.165) is 18.6 Å². The molecule has 0 amide bonds. The van der Waals surface area contributed by atoms with Gasteiger partial charge in [-0.3, -0.25) is 0 Å². The molecule has 0 N–H and O–H groups in total. The Morgan fingerprint density at radius 2 is 2.17 bits per heavy atom. The third-order valence-corrected chi connectivity index (χ3v) is 2.71. The summed E-state index contributed by atoms with van der Waals surface area (Å²) >= 11 is 1.80. The molecule has 0 saturated carbocycles. The number of aryl methyl sites for hydroxylation is 2. The number of furan rings is 1. The average molecular weight is 178 g/mol. The van der Waals surface area contributed by atoms with Crippen molar-refractivity contribution < 1.29 is 4.42 Å². The second kappa shape index (κ2) is 3.59. The first kappa shape index (κ1) is 7.62. The van der Waals surface area contributed by atoms with Crippen molar-refractivity contribution >= 4 is 11.3 Å². The van der Waals surface area contributed by atoms with Crippen LogP contribution in [0.4, 0.5) is 0 Å². The lowest BCUT2D eigenvalue weighted by atomic mass is 10.2. The molecular weight excluding hydrogens is 168 g/mol. The highest BCUT2D eigenvalue weighted by Crippen LogP contribution is 2.12. The number of hydrogen-bond acceptors (Lipinski definition) is 2. The number of hydrogen-bond donors (Lipinski definition) is 0. The van der Waals surface area contributed by atoms with Crippen LogP contribution in [0.2, 0.25) is 0 Å². The Morgan fingerprint density at radius 1 is 1.17 bits per heavy atom. The maximum atomic E-state index is 5.24. The second-order valence-electron chi connectivity index (χ2n) is 2.66. The zero-order chi connectivity index (χ0) is 8.23. The van der Waals surface area contributed by atoms with Crippen molar-refractivity contribution in [2.24, 2.45) is 0 Å². The van der Waals surface area contributed by atoms with E-state index in [-0.39, 0.29) is 0 Å². The Labute approximate surface area is 75.7 Å². The molecule has 0 aromatic carbocycles. The molecule has 0 aliphatic heterocycles. The molecule has 0 fully saturated rings. The van der Waals surface area contributed by atoms with Gasteiger partial charge in [0.2, 0.25) is 0 Å². The van der Waals surface area contributed by atoms with Gasteiger partial charge in [-0.05, 0) is 30.0 Å². The van der Waals surface area contributed by atoms with Gasteiger partial charge < -0.3 is 4.42 Å². The maximum Gasteiger partial charge on any atom is 0.104 e. The predicted molar refractivity (Wildman–Crippen MR) is 50.4 cm³/mol. The van der Waals surface area contributed by atoms with Crippen molar-refractivity contribution in [2.75, 3.05) is 0 Å². The third-order valence-electron chi connectivity index (χ3n) is 1.78. The molecule has 0 aliphatic carbocycles. The molecule has 0 radical (unpaired) electrons. The Kier molecular flexibility index (Phi) is 2.28. The summed E-state index contributed by atoms with van der Waals surface area (Å²) in [6.07, 6.45) is 3.82. The van der Waals surface area contributed by atoms with Gasteiger partial charge in [-0.15, -0.1) is 11.3 Å². The molecule has 0 atom stereocenters. The van der Waals surface area contributed by atoms with Crippen molar-refractivity contribution in [1.29, 1.82) is 0 Å². The summed E-state index contributed by atoms with van der Waals surface area (Å²) in [6.45, 7) is 0. The highest BCUT2D eigenvalue weighted by atomic mass is 32.1. The quantitative estimate of drug-likeness (QED) is 0.703. The van der Waals surface area contributed by atoms with Gasteiger partial charge in [0.05, 0.1) is 6.26 Å². The topological polar surface area (TPSA) is 13.1 Å². The number of thiophene rings is 1. The molecular formula is C10H10OS. The molecule has 2 heteroatoms. The van der Waals surface area contributed by atoms with Crippen molar-refractivity contribution in [2.45, 2.75) is 12.8 Å². The summed E-state index contributed by atoms with van der Waals surface area (Å²) in [5.41, 5.74) is 0. The highest BCUT2D eigenvalue weighted by molar-refractivity contribution is 7.09. The van der Waals surface area contributed by atoms with E-state index in [1.54, 1.807) is 17.6 Å². The van der Waals surface area contributed by atoms with Crippen molar-refractivity contribution in [3.05, 3.63) is 46.5 Å². The fourth-order valence-corrected chi connectivity index (χ4v) is 1.87. The summed E-state index contributed by atoms with van der Waals surface area (Å²) in [5, 5.41) is 2.11. The van der Waals surface area contributed by atoms with Crippen LogP contribution >= 0.6 is 11.3 Å². The highest BCUT2D eigenvalue weighted by Gasteiger charge is 1.97. The first-order chi connectivity index (χ1) is 5.95. The van der Waals surface area contributed by atoms with E-state index in [0.29, 0.717) is 0 Å². The minimum atomic E-state index is 1.01. The lowest BCUT2D eigenvalue weighted by Gasteiger charge is -1.92. The third kappa shape index (κ3) is 1.77. The monoisotopic (exact) mass is 178 g/mol. The van der Waals surface area contributed by atoms with Crippen LogP contribution in [-0.4, -0.2) is 0 Å². The van der Waals surface area contributed by atoms with Gasteiger partial charge in [-0.1, -0.05) is 6.07 Å². The molecule has 12 heavy (non-hydrogen) atoms. The molecule has 2 aromatic rings. The molecule has 0 unspecified atom stereocenters. The minimum Gasteiger partial charge on any atom is -0.469 e. The molecule has 2 aromatic heterocycles. The normalized spacial score (nSPS) is 10.3. The Hall–Kier alpha value is -1.02. The number of rotatable bonds is 3. The smallest absolute Gasteiger partial charge is 0.104 e. The van der Waals surface area contributed by atoms with Crippen LogP contribution in [0.1, 0.15) is 10.6 Å². The Morgan fingerprint density at radius 3 is 2.83 bits per heavy atom. The van der Waals surface area contributed by atoms with Crippen LogP contribution in [0.5, 0.6) is 0 Å². The van der Waals surface area contributed by atoms with Crippen LogP contribution in [0.3, 0.4) is 0 Å². The van der Waals surface area contributed by atoms with Crippen LogP contribution in [0.25, 0.3) is 0 Å². The predicted octanol–water partition coefficient (Wildman–Crippen LogP) is 3.13. The molecule has 0 aliphatic rings. The molecule has 0 spiro atoms. The van der Waals surface area contributed by atoms with Crippen LogP contribution < -0.4 is 0 Å². The van der Waals surface area contributed by atoms with E-state index in [1.807, 2.05) is 12.1 Å². The van der Waals surface area contributed by atoms with Crippen LogP contribution in [-0.2, 0) is 12.8 Å². The van der Waals surface area contributed by atoms with Gasteiger partial charge in [-0.25, -0.2) is 0 Å². The van der Waals surface area contributed by atoms with Gasteiger partial charge in [-0.2, -0.15) is 0 Å². The maximum absolute atomic E-state index is 5.24. The van der Waals surface area contributed by atoms with E-state index in [4.69, 9.17) is 4.42 Å². The van der Waals surface area contributed by atoms with Crippen LogP contribution in [0, 0.1) is 0 Å². The largest absolute Gasteiger partial charge is 0.469 e. The molecule has 2 heterocycles. The summed E-state index contributed by atoms with van der Waals surface area (Å²) in [7, 11) is 0. The van der Waals surface area contributed by atoms with E-state index >= 15 is 0 Å². The zero-order valence-electron chi connectivity index (χ0n) is 6.69. The average Bonchev–Trinajstić information content (AvgIpc) is 2.74. The standard InChI is InChI=1S/C10H10OS/c1-3-9(11-7-1)5-6-10-4-2-8-12-10/h1-4,7-8H,5-6H2. The van der Waals surface area contributed by atoms with Crippen molar-refractivity contribution in [3.8, 4) is 0 Å². The summed E-state index contributed by atoms with van der Waals surface area (Å²) in [4.78, 5) is 1.42. The second-order valence-corrected chi connectivity index (χ2v) is 3.69. The minimum absolute atomic E-state index is 1.01. The van der Waals surface area contributed by atoms with E-state index in [2.05, 4.69) is 17.5 Å². The van der Waals surface area contributed by atoms with E-state index < -0.39 is 0 Å². The Balaban J connectivity index is 1.91. The molecule has 1 nitrogen and oxygen atoms in total. The first-order valence-electron chi connectivity index (χ1n) is 4.00. The molecule has 62 valence electrons. The van der Waals surface area contributed by atoms with Gasteiger partial charge in [0.25, 0.3) is 0 Å². The lowest BCUT2D eigenvalue weighted by Crippen LogP contribution is -1.84. The van der Waals surface area contributed by atoms with Gasteiger partial charge in [0.15, 0.2) is 0 Å². The van der Waals surface area contributed by atoms with Crippen LogP contribution in [0.15, 0.2) is 40.3 Å². The van der Waals surface area contributed by atoms with Gasteiger partial charge in [0.1, 0.15) is 5.76 Å². The molecule has 0 saturated heterocycles. The molecule has 2 rings (SSSR count). The molecule has 0 bridgehead atoms. The SMILES string of the molecule is c1coc(CCc2cccs2)c1. The van der Waals surface area contributed by atoms with Gasteiger partial charge >= 0.3 is 0 Å². The van der Waals surface area contributed by atoms with Gasteiger partial charge in [0, 0.05) is 11.3 Å². The summed E-state index contributed by atoms with van der Waals surface area (Å²) < 4.78 is 5.24. The lowest BCUT2D eigenvalue weighted by molar-refractivity contribution is 0.509. The first-order valence-corrected chi connectivity index (χ1v) is 4.88. The fraction of sp³-hybridized carbons (Fsp3) is 0.200. The van der Waals surface area contributed by atoms with Crippen molar-refractivity contribution in [1.82, 2.24) is 0 Å². The zero-order valence-corrected chi connectivity index (χ0v) is 7.51. The fourth-order valence-electron chi connectivity index (χ4n) is 1.16.